The van der Waals surface area contributed by atoms with Gasteiger partial charge < -0.3 is 40.8 Å². The molecule has 1 aromatic heterocycles. The molecule has 190 valence electrons. The summed E-state index contributed by atoms with van der Waals surface area (Å²) in [7, 11) is 0. The van der Waals surface area contributed by atoms with Crippen LogP contribution >= 0.6 is 0 Å². The first-order valence-corrected chi connectivity index (χ1v) is 10.6. The van der Waals surface area contributed by atoms with E-state index in [1.54, 1.807) is 26.0 Å². The smallest absolute Gasteiger partial charge is 0.312 e. The molecule has 2 rings (SSSR count). The lowest BCUT2D eigenvalue weighted by atomic mass is 10.1. The van der Waals surface area contributed by atoms with Gasteiger partial charge >= 0.3 is 5.97 Å². The second-order valence-electron chi connectivity index (χ2n) is 7.81. The molecule has 0 saturated carbocycles. The fourth-order valence-corrected chi connectivity index (χ4v) is 3.32. The number of fused-ring (bicyclic) bond motifs is 1. The van der Waals surface area contributed by atoms with Gasteiger partial charge in [-0.15, -0.1) is 0 Å². The molecule has 0 spiro atoms. The molecule has 0 aliphatic rings. The topological polar surface area (TPSA) is 210 Å². The number of benzene rings is 1. The van der Waals surface area contributed by atoms with Gasteiger partial charge in [-0.1, -0.05) is 6.58 Å². The van der Waals surface area contributed by atoms with Crippen LogP contribution in [0.15, 0.2) is 29.5 Å². The third-order valence-corrected chi connectivity index (χ3v) is 5.00. The zero-order valence-electron chi connectivity index (χ0n) is 19.3. The van der Waals surface area contributed by atoms with Gasteiger partial charge in [0.2, 0.25) is 6.41 Å². The predicted molar refractivity (Wildman–Crippen MR) is 124 cm³/mol. The molecule has 3 unspecified atom stereocenters. The highest BCUT2D eigenvalue weighted by atomic mass is 16.5. The number of aliphatic hydroxyl groups excluding tert-OH is 4. The van der Waals surface area contributed by atoms with E-state index in [0.717, 1.165) is 0 Å². The number of esters is 1. The third-order valence-electron chi connectivity index (χ3n) is 5.00. The van der Waals surface area contributed by atoms with Crippen LogP contribution in [0.2, 0.25) is 0 Å². The first kappa shape index (κ1) is 27.6. The fourth-order valence-electron chi connectivity index (χ4n) is 3.32. The molecule has 3 atom stereocenters. The number of nitrogens with one attached hydrogen (secondary N) is 1. The molecule has 7 N–H and O–H groups in total. The van der Waals surface area contributed by atoms with Gasteiger partial charge in [-0.2, -0.15) is 4.99 Å². The maximum Gasteiger partial charge on any atom is 0.312 e. The highest BCUT2D eigenvalue weighted by Gasteiger charge is 2.26. The Kier molecular flexibility index (Phi) is 9.59. The normalized spacial score (nSPS) is 14.3. The van der Waals surface area contributed by atoms with Crippen molar-refractivity contribution in [3.8, 4) is 0 Å². The first-order chi connectivity index (χ1) is 16.5. The van der Waals surface area contributed by atoms with Crippen LogP contribution in [-0.4, -0.2) is 79.7 Å². The minimum atomic E-state index is -1.75. The zero-order chi connectivity index (χ0) is 26.3. The summed E-state index contributed by atoms with van der Waals surface area (Å²) in [5.41, 5.74) is 6.60. The number of hydrogen-bond donors (Lipinski definition) is 6. The number of amides is 2. The summed E-state index contributed by atoms with van der Waals surface area (Å²) >= 11 is 0. The van der Waals surface area contributed by atoms with Gasteiger partial charge in [0.05, 0.1) is 36.4 Å². The van der Waals surface area contributed by atoms with E-state index in [9.17, 15) is 29.7 Å². The Morgan fingerprint density at radius 1 is 1.31 bits per heavy atom. The lowest BCUT2D eigenvalue weighted by molar-refractivity contribution is -0.139. The quantitative estimate of drug-likeness (QED) is 0.114. The summed E-state index contributed by atoms with van der Waals surface area (Å²) in [5.74, 6) is -1.19. The van der Waals surface area contributed by atoms with Gasteiger partial charge in [0, 0.05) is 12.2 Å². The summed E-state index contributed by atoms with van der Waals surface area (Å²) in [6.45, 7) is 5.77. The number of carbonyl (C=O) groups is 3. The number of allylic oxidation sites excluding steroid dienone is 1. The first-order valence-electron chi connectivity index (χ1n) is 10.6. The van der Waals surface area contributed by atoms with Crippen molar-refractivity contribution < 1.29 is 39.5 Å². The number of anilines is 1. The van der Waals surface area contributed by atoms with Crippen molar-refractivity contribution in [1.82, 2.24) is 9.55 Å². The number of aryl methyl sites for hydroxylation is 1. The average molecular weight is 492 g/mol. The standard InChI is InChI=1S/C22H29N5O8/c1-11(2)35-18(32)4-5-24-13-7-15-14(6-12(13)3)26-19(21(23)34)22(25-10-29)27(15)8-16(30)20(33)17(31)9-28/h6-7,10,16-17,20,24,28,30-31,33H,1,4-5,8-9H2,2-3H3,(H2,23,34). The lowest BCUT2D eigenvalue weighted by Gasteiger charge is -2.24. The molecule has 1 heterocycles. The highest BCUT2D eigenvalue weighted by molar-refractivity contribution is 5.93. The Hall–Kier alpha value is -3.65. The summed E-state index contributed by atoms with van der Waals surface area (Å²) in [5, 5.41) is 42.4. The molecule has 0 aliphatic carbocycles. The van der Waals surface area contributed by atoms with Gasteiger partial charge in [0.15, 0.2) is 11.2 Å². The van der Waals surface area contributed by atoms with E-state index in [2.05, 4.69) is 21.9 Å². The van der Waals surface area contributed by atoms with Crippen LogP contribution in [0.3, 0.4) is 0 Å². The van der Waals surface area contributed by atoms with E-state index in [0.29, 0.717) is 11.3 Å². The third kappa shape index (κ3) is 6.93. The number of ether oxygens (including phenoxy) is 1. The Bertz CT molecular complexity index is 1190. The molecule has 2 aromatic rings. The summed E-state index contributed by atoms with van der Waals surface area (Å²) in [6, 6.07) is 3.21. The van der Waals surface area contributed by atoms with Crippen molar-refractivity contribution in [2.24, 2.45) is 10.7 Å². The van der Waals surface area contributed by atoms with E-state index in [1.165, 1.54) is 4.57 Å². The van der Waals surface area contributed by atoms with Crippen LogP contribution in [0.25, 0.3) is 11.0 Å². The Morgan fingerprint density at radius 3 is 2.57 bits per heavy atom. The van der Waals surface area contributed by atoms with Gasteiger partial charge in [-0.25, -0.2) is 4.98 Å². The molecule has 13 nitrogen and oxygen atoms in total. The van der Waals surface area contributed by atoms with E-state index in [4.69, 9.17) is 15.6 Å². The van der Waals surface area contributed by atoms with Crippen LogP contribution in [0.4, 0.5) is 5.69 Å². The molecular weight excluding hydrogens is 462 g/mol. The van der Waals surface area contributed by atoms with E-state index >= 15 is 0 Å². The molecule has 0 fully saturated rings. The highest BCUT2D eigenvalue weighted by Crippen LogP contribution is 2.23. The summed E-state index contributed by atoms with van der Waals surface area (Å²) < 4.78 is 6.16. The molecule has 0 bridgehead atoms. The second kappa shape index (κ2) is 12.2. The number of rotatable bonds is 12. The SMILES string of the molecule is C=C(C)OC(=O)CCNc1cc2c(cc1C)nc(C(N)=O)c(=NC=O)n2CC(O)C(O)C(O)CO. The number of aliphatic hydroxyl groups is 4. The molecule has 2 amide bonds. The molecular formula is C22H29N5O8. The largest absolute Gasteiger partial charge is 0.432 e. The number of hydrogen-bond acceptors (Lipinski definition) is 10. The molecule has 13 heteroatoms. The van der Waals surface area contributed by atoms with Crippen molar-refractivity contribution in [2.75, 3.05) is 18.5 Å². The molecule has 0 aliphatic heterocycles. The van der Waals surface area contributed by atoms with Gasteiger partial charge in [-0.3, -0.25) is 14.4 Å². The van der Waals surface area contributed by atoms with E-state index in [1.807, 2.05) is 0 Å². The van der Waals surface area contributed by atoms with Crippen LogP contribution < -0.4 is 16.5 Å². The second-order valence-corrected chi connectivity index (χ2v) is 7.81. The predicted octanol–water partition coefficient (Wildman–Crippen LogP) is -1.55. The van der Waals surface area contributed by atoms with Crippen LogP contribution in [-0.2, 0) is 20.9 Å². The maximum absolute atomic E-state index is 12.0. The minimum Gasteiger partial charge on any atom is -0.432 e. The number of primary amides is 1. The Morgan fingerprint density at radius 2 is 2.00 bits per heavy atom. The molecule has 35 heavy (non-hydrogen) atoms. The average Bonchev–Trinajstić information content (AvgIpc) is 2.79. The van der Waals surface area contributed by atoms with Crippen molar-refractivity contribution in [3.63, 3.8) is 0 Å². The lowest BCUT2D eigenvalue weighted by Crippen LogP contribution is -2.44. The van der Waals surface area contributed by atoms with Gasteiger partial charge in [-0.05, 0) is 31.5 Å². The van der Waals surface area contributed by atoms with Gasteiger partial charge in [0.25, 0.3) is 5.91 Å². The number of aromatic nitrogens is 2. The minimum absolute atomic E-state index is 0.0406. The summed E-state index contributed by atoms with van der Waals surface area (Å²) in [6.07, 6.45) is -4.82. The van der Waals surface area contributed by atoms with Crippen LogP contribution in [0, 0.1) is 6.92 Å². The van der Waals surface area contributed by atoms with Crippen molar-refractivity contribution >= 4 is 35.0 Å². The monoisotopic (exact) mass is 491 g/mol. The summed E-state index contributed by atoms with van der Waals surface area (Å²) in [4.78, 5) is 42.8. The van der Waals surface area contributed by atoms with E-state index < -0.39 is 43.3 Å². The number of nitrogens with two attached hydrogens (primary N) is 1. The van der Waals surface area contributed by atoms with Crippen LogP contribution in [0.5, 0.6) is 0 Å². The van der Waals surface area contributed by atoms with Crippen molar-refractivity contribution in [1.29, 1.82) is 0 Å². The fraction of sp³-hybridized carbons (Fsp3) is 0.409. The number of nitrogens with zero attached hydrogens (tertiary/aromatic N) is 3. The zero-order valence-corrected chi connectivity index (χ0v) is 19.3. The van der Waals surface area contributed by atoms with Crippen molar-refractivity contribution in [2.45, 2.75) is 45.1 Å². The Labute approximate surface area is 200 Å². The van der Waals surface area contributed by atoms with Crippen molar-refractivity contribution in [3.05, 3.63) is 41.2 Å². The van der Waals surface area contributed by atoms with Crippen LogP contribution in [0.1, 0.15) is 29.4 Å². The maximum atomic E-state index is 12.0. The molecule has 0 radical (unpaired) electrons. The molecule has 0 saturated heterocycles. The van der Waals surface area contributed by atoms with Gasteiger partial charge in [0.1, 0.15) is 18.3 Å². The van der Waals surface area contributed by atoms with E-state index in [-0.39, 0.29) is 47.3 Å². The molecule has 1 aromatic carbocycles. The Balaban J connectivity index is 2.60. The number of carbonyl (C=O) groups excluding carboxylic acids is 3.